The Bertz CT molecular complexity index is 997. The number of aromatic nitrogens is 2. The third-order valence-electron chi connectivity index (χ3n) is 4.49. The molecule has 0 bridgehead atoms. The number of rotatable bonds is 3. The maximum atomic E-state index is 4.59. The number of nitrogens with zero attached hydrogens (tertiary/aromatic N) is 2. The number of fused-ring (bicyclic) bond motifs is 1. The van der Waals surface area contributed by atoms with Crippen molar-refractivity contribution in [3.05, 3.63) is 84.7 Å². The van der Waals surface area contributed by atoms with Crippen LogP contribution >= 0.6 is 0 Å². The Balaban J connectivity index is 0.000000551. The highest BCUT2D eigenvalue weighted by Crippen LogP contribution is 2.32. The van der Waals surface area contributed by atoms with Crippen LogP contribution in [0, 0.1) is 0 Å². The van der Waals surface area contributed by atoms with Crippen LogP contribution in [0.4, 0.5) is 0 Å². The van der Waals surface area contributed by atoms with E-state index in [1.807, 2.05) is 44.4 Å². The van der Waals surface area contributed by atoms with Crippen molar-refractivity contribution in [2.75, 3.05) is 0 Å². The molecule has 0 atom stereocenters. The first-order valence-electron chi connectivity index (χ1n) is 10.8. The minimum atomic E-state index is 0.500. The predicted molar refractivity (Wildman–Crippen MR) is 128 cm³/mol. The summed E-state index contributed by atoms with van der Waals surface area (Å²) in [6.07, 6.45) is 5.16. The van der Waals surface area contributed by atoms with E-state index < -0.39 is 0 Å². The Morgan fingerprint density at radius 3 is 2.00 bits per heavy atom. The van der Waals surface area contributed by atoms with Crippen molar-refractivity contribution >= 4 is 10.8 Å². The van der Waals surface area contributed by atoms with Gasteiger partial charge in [-0.15, -0.1) is 0 Å². The van der Waals surface area contributed by atoms with Gasteiger partial charge in [0.25, 0.3) is 0 Å². The molecule has 0 aliphatic carbocycles. The van der Waals surface area contributed by atoms with Crippen LogP contribution in [-0.2, 0) is 0 Å². The molecule has 0 N–H and O–H groups in total. The highest BCUT2D eigenvalue weighted by atomic mass is 15.1. The zero-order valence-electron chi connectivity index (χ0n) is 18.7. The second-order valence-corrected chi connectivity index (χ2v) is 7.07. The SMILES string of the molecule is CC.CC(C)c1ccc(-n2ccnc2-c2ccccc2)c2ccccc12.CCC. The Morgan fingerprint density at radius 1 is 0.793 bits per heavy atom. The Kier molecular flexibility index (Phi) is 8.67. The predicted octanol–water partition coefficient (Wildman–Crippen LogP) is 8.26. The van der Waals surface area contributed by atoms with Gasteiger partial charge in [0.2, 0.25) is 0 Å². The maximum absolute atomic E-state index is 4.59. The lowest BCUT2D eigenvalue weighted by Gasteiger charge is -2.16. The largest absolute Gasteiger partial charge is 0.299 e. The highest BCUT2D eigenvalue weighted by molar-refractivity contribution is 5.93. The van der Waals surface area contributed by atoms with E-state index in [1.54, 1.807) is 0 Å². The van der Waals surface area contributed by atoms with Gasteiger partial charge in [0.15, 0.2) is 0 Å². The van der Waals surface area contributed by atoms with Gasteiger partial charge in [-0.05, 0) is 22.9 Å². The molecular weight excluding hydrogens is 352 g/mol. The molecule has 0 radical (unpaired) electrons. The van der Waals surface area contributed by atoms with E-state index in [-0.39, 0.29) is 0 Å². The van der Waals surface area contributed by atoms with Gasteiger partial charge in [0.05, 0.1) is 5.69 Å². The number of hydrogen-bond donors (Lipinski definition) is 0. The summed E-state index contributed by atoms with van der Waals surface area (Å²) in [7, 11) is 0. The molecule has 0 aliphatic heterocycles. The Hall–Kier alpha value is -2.87. The molecule has 0 fully saturated rings. The molecule has 0 amide bonds. The van der Waals surface area contributed by atoms with Crippen molar-refractivity contribution in [2.24, 2.45) is 0 Å². The lowest BCUT2D eigenvalue weighted by molar-refractivity contribution is 0.875. The summed E-state index contributed by atoms with van der Waals surface area (Å²) in [6.45, 7) is 12.7. The number of hydrogen-bond acceptors (Lipinski definition) is 1. The average Bonchev–Trinajstić information content (AvgIpc) is 3.25. The third kappa shape index (κ3) is 5.14. The van der Waals surface area contributed by atoms with Crippen LogP contribution < -0.4 is 0 Å². The van der Waals surface area contributed by atoms with Crippen molar-refractivity contribution in [1.29, 1.82) is 0 Å². The van der Waals surface area contributed by atoms with E-state index in [4.69, 9.17) is 0 Å². The van der Waals surface area contributed by atoms with E-state index in [2.05, 4.69) is 85.8 Å². The number of benzene rings is 3. The van der Waals surface area contributed by atoms with Gasteiger partial charge < -0.3 is 0 Å². The van der Waals surface area contributed by atoms with Crippen molar-refractivity contribution in [3.8, 4) is 17.1 Å². The standard InChI is InChI=1S/C22H20N2.C3H8.C2H6/c1-16(2)18-12-13-21(20-11-7-6-10-19(18)20)24-15-14-23-22(24)17-8-4-3-5-9-17;1-3-2;1-2/h3-16H,1-2H3;3H2,1-2H3;1-2H3. The molecule has 1 aromatic heterocycles. The monoisotopic (exact) mass is 386 g/mol. The second-order valence-electron chi connectivity index (χ2n) is 7.07. The molecule has 4 rings (SSSR count). The molecule has 2 heteroatoms. The van der Waals surface area contributed by atoms with Crippen LogP contribution in [0.5, 0.6) is 0 Å². The van der Waals surface area contributed by atoms with Crippen molar-refractivity contribution < 1.29 is 0 Å². The molecule has 4 aromatic rings. The van der Waals surface area contributed by atoms with Crippen LogP contribution in [0.15, 0.2) is 79.1 Å². The van der Waals surface area contributed by atoms with Crippen molar-refractivity contribution in [3.63, 3.8) is 0 Å². The smallest absolute Gasteiger partial charge is 0.144 e. The zero-order chi connectivity index (χ0) is 21.2. The van der Waals surface area contributed by atoms with Gasteiger partial charge in [0.1, 0.15) is 5.82 Å². The number of imidazole rings is 1. The molecule has 0 unspecified atom stereocenters. The van der Waals surface area contributed by atoms with Gasteiger partial charge in [0, 0.05) is 23.3 Å². The first-order valence-corrected chi connectivity index (χ1v) is 10.8. The minimum Gasteiger partial charge on any atom is -0.299 e. The van der Waals surface area contributed by atoms with Crippen LogP contribution in [-0.4, -0.2) is 9.55 Å². The third-order valence-corrected chi connectivity index (χ3v) is 4.49. The van der Waals surface area contributed by atoms with Crippen molar-refractivity contribution in [1.82, 2.24) is 9.55 Å². The first-order chi connectivity index (χ1) is 14.2. The van der Waals surface area contributed by atoms with E-state index in [0.717, 1.165) is 11.4 Å². The Labute approximate surface area is 176 Å². The van der Waals surface area contributed by atoms with Crippen molar-refractivity contribution in [2.45, 2.75) is 53.9 Å². The van der Waals surface area contributed by atoms with Crippen LogP contribution in [0.25, 0.3) is 27.8 Å². The topological polar surface area (TPSA) is 17.8 Å². The highest BCUT2D eigenvalue weighted by Gasteiger charge is 2.13. The second kappa shape index (κ2) is 11.2. The van der Waals surface area contributed by atoms with E-state index >= 15 is 0 Å². The Morgan fingerprint density at radius 2 is 1.38 bits per heavy atom. The molecule has 0 saturated heterocycles. The fraction of sp³-hybridized carbons (Fsp3) is 0.296. The summed E-state index contributed by atoms with van der Waals surface area (Å²) in [5.41, 5.74) is 3.68. The minimum absolute atomic E-state index is 0.500. The molecule has 3 aromatic carbocycles. The molecule has 152 valence electrons. The molecular formula is C27H34N2. The van der Waals surface area contributed by atoms with Gasteiger partial charge in [-0.2, -0.15) is 0 Å². The summed E-state index contributed by atoms with van der Waals surface area (Å²) in [5, 5.41) is 2.58. The summed E-state index contributed by atoms with van der Waals surface area (Å²) < 4.78 is 2.18. The van der Waals surface area contributed by atoms with Gasteiger partial charge in [-0.1, -0.05) is 109 Å². The summed E-state index contributed by atoms with van der Waals surface area (Å²) >= 11 is 0. The van der Waals surface area contributed by atoms with Gasteiger partial charge in [-0.25, -0.2) is 4.98 Å². The van der Waals surface area contributed by atoms with Gasteiger partial charge in [-0.3, -0.25) is 4.57 Å². The summed E-state index contributed by atoms with van der Waals surface area (Å²) in [6, 6.07) is 23.4. The van der Waals surface area contributed by atoms with E-state index in [1.165, 1.54) is 28.4 Å². The van der Waals surface area contributed by atoms with Crippen LogP contribution in [0.1, 0.15) is 59.4 Å². The van der Waals surface area contributed by atoms with Crippen LogP contribution in [0.3, 0.4) is 0 Å². The normalized spacial score (nSPS) is 10.2. The van der Waals surface area contributed by atoms with Crippen LogP contribution in [0.2, 0.25) is 0 Å². The summed E-state index contributed by atoms with van der Waals surface area (Å²) in [4.78, 5) is 4.59. The lowest BCUT2D eigenvalue weighted by Crippen LogP contribution is -1.99. The van der Waals surface area contributed by atoms with Gasteiger partial charge >= 0.3 is 0 Å². The fourth-order valence-electron chi connectivity index (χ4n) is 3.32. The first kappa shape index (κ1) is 22.4. The fourth-order valence-corrected chi connectivity index (χ4v) is 3.32. The van der Waals surface area contributed by atoms with E-state index in [0.29, 0.717) is 5.92 Å². The molecule has 29 heavy (non-hydrogen) atoms. The summed E-state index contributed by atoms with van der Waals surface area (Å²) in [5.74, 6) is 1.47. The molecule has 2 nitrogen and oxygen atoms in total. The zero-order valence-corrected chi connectivity index (χ0v) is 18.7. The quantitative estimate of drug-likeness (QED) is 0.346. The lowest BCUT2D eigenvalue weighted by atomic mass is 9.95. The molecule has 1 heterocycles. The molecule has 0 spiro atoms. The average molecular weight is 387 g/mol. The van der Waals surface area contributed by atoms with E-state index in [9.17, 15) is 0 Å². The maximum Gasteiger partial charge on any atom is 0.144 e. The molecule has 0 saturated carbocycles. The molecule has 0 aliphatic rings.